The quantitative estimate of drug-likeness (QED) is 0.616. The minimum Gasteiger partial charge on any atom is -0.507 e. The van der Waals surface area contributed by atoms with E-state index in [1.807, 2.05) is 36.5 Å². The molecule has 0 aliphatic rings. The predicted octanol–water partition coefficient (Wildman–Crippen LogP) is 2.47. The second-order valence-corrected chi connectivity index (χ2v) is 5.45. The highest BCUT2D eigenvalue weighted by atomic mass is 16.3. The van der Waals surface area contributed by atoms with Gasteiger partial charge >= 0.3 is 0 Å². The van der Waals surface area contributed by atoms with Gasteiger partial charge in [-0.15, -0.1) is 0 Å². The molecule has 0 amide bonds. The van der Waals surface area contributed by atoms with Crippen LogP contribution in [0.1, 0.15) is 0 Å². The average molecular weight is 318 g/mol. The summed E-state index contributed by atoms with van der Waals surface area (Å²) in [6.45, 7) is 0. The van der Waals surface area contributed by atoms with E-state index in [0.717, 1.165) is 11.1 Å². The summed E-state index contributed by atoms with van der Waals surface area (Å²) in [6, 6.07) is 15.9. The van der Waals surface area contributed by atoms with Gasteiger partial charge in [-0.25, -0.2) is 9.20 Å². The average Bonchev–Trinajstić information content (AvgIpc) is 2.97. The van der Waals surface area contributed by atoms with E-state index in [2.05, 4.69) is 10.2 Å². The molecule has 6 nitrogen and oxygen atoms in total. The summed E-state index contributed by atoms with van der Waals surface area (Å²) in [4.78, 5) is 11.7. The van der Waals surface area contributed by atoms with Crippen LogP contribution in [0.2, 0.25) is 0 Å². The largest absolute Gasteiger partial charge is 0.507 e. The predicted molar refractivity (Wildman–Crippen MR) is 90.8 cm³/mol. The SMILES string of the molecule is Cn1nc(-c2c(-c3ccccc3O)nn3ccccc23)ccc1=O. The monoisotopic (exact) mass is 318 g/mol. The molecule has 0 aliphatic heterocycles. The molecular weight excluding hydrogens is 304 g/mol. The molecule has 0 atom stereocenters. The lowest BCUT2D eigenvalue weighted by Crippen LogP contribution is -2.18. The Morgan fingerprint density at radius 1 is 0.958 bits per heavy atom. The molecule has 0 spiro atoms. The van der Waals surface area contributed by atoms with Crippen molar-refractivity contribution in [2.24, 2.45) is 7.05 Å². The number of hydrogen-bond donors (Lipinski definition) is 1. The van der Waals surface area contributed by atoms with Crippen LogP contribution in [0.25, 0.3) is 28.0 Å². The highest BCUT2D eigenvalue weighted by Gasteiger charge is 2.19. The third-order valence-corrected chi connectivity index (χ3v) is 3.92. The van der Waals surface area contributed by atoms with Crippen LogP contribution in [-0.4, -0.2) is 24.5 Å². The van der Waals surface area contributed by atoms with Gasteiger partial charge in [0.2, 0.25) is 0 Å². The fourth-order valence-electron chi connectivity index (χ4n) is 2.75. The smallest absolute Gasteiger partial charge is 0.266 e. The van der Waals surface area contributed by atoms with E-state index >= 15 is 0 Å². The maximum atomic E-state index is 11.7. The summed E-state index contributed by atoms with van der Waals surface area (Å²) >= 11 is 0. The zero-order valence-electron chi connectivity index (χ0n) is 12.9. The van der Waals surface area contributed by atoms with Crippen molar-refractivity contribution in [1.29, 1.82) is 0 Å². The van der Waals surface area contributed by atoms with Gasteiger partial charge in [-0.05, 0) is 30.3 Å². The minimum atomic E-state index is -0.181. The molecule has 6 heteroatoms. The van der Waals surface area contributed by atoms with E-state index in [1.54, 1.807) is 29.8 Å². The standard InChI is InChI=1S/C18H14N4O2/c1-21-16(24)10-9-13(19-21)17-14-7-4-5-11-22(14)20-18(17)12-6-2-3-8-15(12)23/h2-11,23H,1H3. The Hall–Kier alpha value is -3.41. The maximum absolute atomic E-state index is 11.7. The van der Waals surface area contributed by atoms with Crippen LogP contribution >= 0.6 is 0 Å². The van der Waals surface area contributed by atoms with Crippen LogP contribution in [0.4, 0.5) is 0 Å². The van der Waals surface area contributed by atoms with E-state index in [4.69, 9.17) is 0 Å². The molecule has 0 fully saturated rings. The first-order chi connectivity index (χ1) is 11.6. The summed E-state index contributed by atoms with van der Waals surface area (Å²) in [5.74, 6) is 0.145. The molecule has 4 aromatic rings. The van der Waals surface area contributed by atoms with Crippen molar-refractivity contribution in [1.82, 2.24) is 19.4 Å². The third kappa shape index (κ3) is 2.16. The van der Waals surface area contributed by atoms with E-state index in [-0.39, 0.29) is 11.3 Å². The molecular formula is C18H14N4O2. The highest BCUT2D eigenvalue weighted by Crippen LogP contribution is 2.37. The van der Waals surface area contributed by atoms with Crippen LogP contribution < -0.4 is 5.56 Å². The summed E-state index contributed by atoms with van der Waals surface area (Å²) in [5, 5.41) is 19.2. The van der Waals surface area contributed by atoms with Crippen LogP contribution in [0.3, 0.4) is 0 Å². The number of phenolic OH excluding ortho intramolecular Hbond substituents is 1. The van der Waals surface area contributed by atoms with Gasteiger partial charge in [-0.3, -0.25) is 4.79 Å². The Bertz CT molecular complexity index is 1110. The van der Waals surface area contributed by atoms with Gasteiger partial charge in [0.05, 0.1) is 16.8 Å². The first kappa shape index (κ1) is 14.2. The molecule has 24 heavy (non-hydrogen) atoms. The molecule has 0 saturated carbocycles. The number of para-hydroxylation sites is 1. The highest BCUT2D eigenvalue weighted by molar-refractivity contribution is 5.92. The molecule has 3 heterocycles. The van der Waals surface area contributed by atoms with Crippen molar-refractivity contribution in [3.63, 3.8) is 0 Å². The fourth-order valence-corrected chi connectivity index (χ4v) is 2.75. The molecule has 3 aromatic heterocycles. The van der Waals surface area contributed by atoms with Crippen molar-refractivity contribution < 1.29 is 5.11 Å². The minimum absolute atomic E-state index is 0.145. The first-order valence-corrected chi connectivity index (χ1v) is 7.45. The third-order valence-electron chi connectivity index (χ3n) is 3.92. The van der Waals surface area contributed by atoms with Crippen molar-refractivity contribution >= 4 is 5.52 Å². The Kier molecular flexibility index (Phi) is 3.16. The summed E-state index contributed by atoms with van der Waals surface area (Å²) in [6.07, 6.45) is 1.84. The van der Waals surface area contributed by atoms with Crippen LogP contribution in [0, 0.1) is 0 Å². The van der Waals surface area contributed by atoms with Crippen molar-refractivity contribution in [3.05, 3.63) is 71.1 Å². The molecule has 4 rings (SSSR count). The van der Waals surface area contributed by atoms with E-state index < -0.39 is 0 Å². The molecule has 0 aliphatic carbocycles. The number of hydrogen-bond acceptors (Lipinski definition) is 4. The lowest BCUT2D eigenvalue weighted by molar-refractivity contribution is 0.477. The number of phenols is 1. The van der Waals surface area contributed by atoms with Crippen molar-refractivity contribution in [2.75, 3.05) is 0 Å². The zero-order valence-corrected chi connectivity index (χ0v) is 12.9. The van der Waals surface area contributed by atoms with Gasteiger partial charge in [0, 0.05) is 24.9 Å². The van der Waals surface area contributed by atoms with Crippen LogP contribution in [0.5, 0.6) is 5.75 Å². The number of fused-ring (bicyclic) bond motifs is 1. The normalized spacial score (nSPS) is 11.0. The molecule has 1 aromatic carbocycles. The molecule has 0 radical (unpaired) electrons. The lowest BCUT2D eigenvalue weighted by Gasteiger charge is -2.06. The maximum Gasteiger partial charge on any atom is 0.266 e. The number of nitrogens with zero attached hydrogens (tertiary/aromatic N) is 4. The second kappa shape index (κ2) is 5.34. The summed E-state index contributed by atoms with van der Waals surface area (Å²) in [7, 11) is 1.61. The van der Waals surface area contributed by atoms with E-state index in [9.17, 15) is 9.90 Å². The molecule has 0 unspecified atom stereocenters. The van der Waals surface area contributed by atoms with Gasteiger partial charge in [0.25, 0.3) is 5.56 Å². The van der Waals surface area contributed by atoms with E-state index in [0.29, 0.717) is 17.0 Å². The molecule has 1 N–H and O–H groups in total. The Morgan fingerprint density at radius 3 is 2.54 bits per heavy atom. The lowest BCUT2D eigenvalue weighted by atomic mass is 10.0. The Labute approximate surface area is 137 Å². The molecule has 0 bridgehead atoms. The summed E-state index contributed by atoms with van der Waals surface area (Å²) in [5.41, 5.74) is 3.29. The van der Waals surface area contributed by atoms with Gasteiger partial charge in [0.1, 0.15) is 11.4 Å². The van der Waals surface area contributed by atoms with Gasteiger partial charge < -0.3 is 5.11 Å². The second-order valence-electron chi connectivity index (χ2n) is 5.45. The number of rotatable bonds is 2. The number of pyridine rings is 1. The van der Waals surface area contributed by atoms with Crippen LogP contribution in [-0.2, 0) is 7.05 Å². The number of aromatic nitrogens is 4. The van der Waals surface area contributed by atoms with Crippen molar-refractivity contribution in [2.45, 2.75) is 0 Å². The number of aryl methyl sites for hydroxylation is 1. The molecule has 118 valence electrons. The summed E-state index contributed by atoms with van der Waals surface area (Å²) < 4.78 is 3.03. The molecule has 0 saturated heterocycles. The number of aromatic hydroxyl groups is 1. The van der Waals surface area contributed by atoms with Gasteiger partial charge in [0.15, 0.2) is 0 Å². The number of benzene rings is 1. The van der Waals surface area contributed by atoms with Crippen molar-refractivity contribution in [3.8, 4) is 28.3 Å². The van der Waals surface area contributed by atoms with E-state index in [1.165, 1.54) is 10.7 Å². The topological polar surface area (TPSA) is 72.4 Å². The zero-order chi connectivity index (χ0) is 16.7. The first-order valence-electron chi connectivity index (χ1n) is 7.45. The Balaban J connectivity index is 2.09. The van der Waals surface area contributed by atoms with Gasteiger partial charge in [-0.2, -0.15) is 10.2 Å². The van der Waals surface area contributed by atoms with Crippen LogP contribution in [0.15, 0.2) is 65.6 Å². The Morgan fingerprint density at radius 2 is 1.75 bits per heavy atom. The fraction of sp³-hybridized carbons (Fsp3) is 0.0556. The van der Waals surface area contributed by atoms with Gasteiger partial charge in [-0.1, -0.05) is 18.2 Å².